The quantitative estimate of drug-likeness (QED) is 0.866. The Balaban J connectivity index is 1.98. The highest BCUT2D eigenvalue weighted by atomic mass is 15.1. The molecule has 0 aliphatic heterocycles. The Kier molecular flexibility index (Phi) is 3.27. The van der Waals surface area contributed by atoms with Crippen LogP contribution in [0.3, 0.4) is 0 Å². The minimum atomic E-state index is 0.701. The second-order valence-electron chi connectivity index (χ2n) is 4.11. The van der Waals surface area contributed by atoms with Gasteiger partial charge in [0.1, 0.15) is 11.6 Å². The van der Waals surface area contributed by atoms with E-state index in [0.29, 0.717) is 6.54 Å². The summed E-state index contributed by atoms with van der Waals surface area (Å²) in [6, 6.07) is 4.01. The van der Waals surface area contributed by atoms with Gasteiger partial charge in [0.2, 0.25) is 0 Å². The molecule has 5 heteroatoms. The van der Waals surface area contributed by atoms with Crippen molar-refractivity contribution in [3.63, 3.8) is 0 Å². The zero-order valence-electron chi connectivity index (χ0n) is 10.4. The third-order valence-corrected chi connectivity index (χ3v) is 2.58. The highest BCUT2D eigenvalue weighted by Gasteiger charge is 2.00. The Morgan fingerprint density at radius 2 is 2.12 bits per heavy atom. The zero-order valence-corrected chi connectivity index (χ0v) is 10.4. The molecule has 0 fully saturated rings. The van der Waals surface area contributed by atoms with Crippen LogP contribution in [-0.2, 0) is 13.6 Å². The number of aryl methyl sites for hydroxylation is 1. The van der Waals surface area contributed by atoms with Gasteiger partial charge < -0.3 is 14.8 Å². The van der Waals surface area contributed by atoms with Crippen molar-refractivity contribution < 1.29 is 0 Å². The third-order valence-electron chi connectivity index (χ3n) is 2.58. The van der Waals surface area contributed by atoms with Gasteiger partial charge in [0.25, 0.3) is 0 Å². The van der Waals surface area contributed by atoms with Crippen molar-refractivity contribution in [2.45, 2.75) is 6.54 Å². The molecule has 5 nitrogen and oxygen atoms in total. The van der Waals surface area contributed by atoms with E-state index in [9.17, 15) is 0 Å². The van der Waals surface area contributed by atoms with Gasteiger partial charge in [-0.25, -0.2) is 9.97 Å². The van der Waals surface area contributed by atoms with E-state index >= 15 is 0 Å². The van der Waals surface area contributed by atoms with Crippen molar-refractivity contribution in [1.82, 2.24) is 14.5 Å². The molecular weight excluding hydrogens is 214 g/mol. The maximum absolute atomic E-state index is 4.34. The molecule has 2 aromatic rings. The largest absolute Gasteiger partial charge is 0.377 e. The predicted octanol–water partition coefficient (Wildman–Crippen LogP) is 1.49. The van der Waals surface area contributed by atoms with Crippen LogP contribution < -0.4 is 10.2 Å². The molecule has 0 bridgehead atoms. The van der Waals surface area contributed by atoms with Crippen molar-refractivity contribution in [2.75, 3.05) is 24.3 Å². The van der Waals surface area contributed by atoms with Gasteiger partial charge >= 0.3 is 0 Å². The van der Waals surface area contributed by atoms with E-state index in [0.717, 1.165) is 17.3 Å². The lowest BCUT2D eigenvalue weighted by molar-refractivity contribution is 0.812. The van der Waals surface area contributed by atoms with Crippen LogP contribution in [0.5, 0.6) is 0 Å². The average molecular weight is 231 g/mol. The van der Waals surface area contributed by atoms with E-state index < -0.39 is 0 Å². The van der Waals surface area contributed by atoms with Crippen LogP contribution in [0.2, 0.25) is 0 Å². The number of pyridine rings is 1. The van der Waals surface area contributed by atoms with Crippen molar-refractivity contribution in [3.05, 3.63) is 36.5 Å². The Morgan fingerprint density at radius 3 is 2.65 bits per heavy atom. The van der Waals surface area contributed by atoms with Gasteiger partial charge in [-0.2, -0.15) is 0 Å². The van der Waals surface area contributed by atoms with Gasteiger partial charge in [-0.1, -0.05) is 0 Å². The molecule has 0 amide bonds. The number of hydrogen-bond donors (Lipinski definition) is 1. The monoisotopic (exact) mass is 231 g/mol. The fourth-order valence-electron chi connectivity index (χ4n) is 1.50. The number of nitrogens with one attached hydrogen (secondary N) is 1. The van der Waals surface area contributed by atoms with Crippen molar-refractivity contribution in [2.24, 2.45) is 7.05 Å². The van der Waals surface area contributed by atoms with E-state index in [1.807, 2.05) is 55.1 Å². The fraction of sp³-hybridized carbons (Fsp3) is 0.333. The van der Waals surface area contributed by atoms with Crippen LogP contribution in [-0.4, -0.2) is 28.6 Å². The van der Waals surface area contributed by atoms with Gasteiger partial charge in [-0.15, -0.1) is 0 Å². The summed E-state index contributed by atoms with van der Waals surface area (Å²) < 4.78 is 1.99. The summed E-state index contributed by atoms with van der Waals surface area (Å²) in [4.78, 5) is 10.6. The smallest absolute Gasteiger partial charge is 0.128 e. The Bertz CT molecular complexity index is 472. The lowest BCUT2D eigenvalue weighted by Gasteiger charge is -2.12. The number of aromatic nitrogens is 3. The molecule has 2 rings (SSSR count). The summed E-state index contributed by atoms with van der Waals surface area (Å²) in [7, 11) is 5.93. The van der Waals surface area contributed by atoms with Crippen molar-refractivity contribution >= 4 is 11.5 Å². The molecule has 2 heterocycles. The van der Waals surface area contributed by atoms with E-state index in [4.69, 9.17) is 0 Å². The minimum Gasteiger partial charge on any atom is -0.377 e. The number of anilines is 2. The molecule has 0 saturated heterocycles. The van der Waals surface area contributed by atoms with Crippen molar-refractivity contribution in [3.8, 4) is 0 Å². The third kappa shape index (κ3) is 2.75. The van der Waals surface area contributed by atoms with Gasteiger partial charge in [-0.3, -0.25) is 0 Å². The molecule has 0 aliphatic rings. The van der Waals surface area contributed by atoms with Crippen LogP contribution in [0.15, 0.2) is 30.7 Å². The standard InChI is InChI=1S/C12H17N5/c1-16(2)11-5-4-10(8-15-11)14-9-12-13-6-7-17(12)3/h4-8,14H,9H2,1-3H3. The maximum atomic E-state index is 4.34. The SMILES string of the molecule is CN(C)c1ccc(NCc2nccn2C)cn1. The van der Waals surface area contributed by atoms with E-state index in [2.05, 4.69) is 15.3 Å². The van der Waals surface area contributed by atoms with E-state index in [-0.39, 0.29) is 0 Å². The lowest BCUT2D eigenvalue weighted by atomic mass is 10.4. The molecule has 2 aromatic heterocycles. The first kappa shape index (κ1) is 11.4. The summed E-state index contributed by atoms with van der Waals surface area (Å²) in [5, 5.41) is 3.29. The molecule has 0 unspecified atom stereocenters. The van der Waals surface area contributed by atoms with Gasteiger partial charge in [-0.05, 0) is 12.1 Å². The first-order valence-corrected chi connectivity index (χ1v) is 5.50. The Labute approximate surface area is 101 Å². The average Bonchev–Trinajstić information content (AvgIpc) is 2.73. The summed E-state index contributed by atoms with van der Waals surface area (Å²) in [5.74, 6) is 1.95. The maximum Gasteiger partial charge on any atom is 0.128 e. The molecule has 0 radical (unpaired) electrons. The van der Waals surface area contributed by atoms with Gasteiger partial charge in [0.15, 0.2) is 0 Å². The molecular formula is C12H17N5. The summed E-state index contributed by atoms with van der Waals surface area (Å²) >= 11 is 0. The van der Waals surface area contributed by atoms with Crippen LogP contribution in [0.1, 0.15) is 5.82 Å². The summed E-state index contributed by atoms with van der Waals surface area (Å²) in [6.07, 6.45) is 5.56. The van der Waals surface area contributed by atoms with Gasteiger partial charge in [0, 0.05) is 33.5 Å². The highest BCUT2D eigenvalue weighted by Crippen LogP contribution is 2.12. The summed E-state index contributed by atoms with van der Waals surface area (Å²) in [5.41, 5.74) is 0.999. The predicted molar refractivity (Wildman–Crippen MR) is 69.1 cm³/mol. The first-order valence-electron chi connectivity index (χ1n) is 5.50. The minimum absolute atomic E-state index is 0.701. The molecule has 0 aliphatic carbocycles. The first-order chi connectivity index (χ1) is 8.16. The Hall–Kier alpha value is -2.04. The second-order valence-corrected chi connectivity index (χ2v) is 4.11. The number of hydrogen-bond acceptors (Lipinski definition) is 4. The lowest BCUT2D eigenvalue weighted by Crippen LogP contribution is -2.11. The topological polar surface area (TPSA) is 46.0 Å². The highest BCUT2D eigenvalue weighted by molar-refractivity contribution is 5.47. The van der Waals surface area contributed by atoms with E-state index in [1.54, 1.807) is 6.20 Å². The second kappa shape index (κ2) is 4.86. The van der Waals surface area contributed by atoms with Crippen LogP contribution in [0.25, 0.3) is 0 Å². The Morgan fingerprint density at radius 1 is 1.29 bits per heavy atom. The van der Waals surface area contributed by atoms with Crippen LogP contribution in [0.4, 0.5) is 11.5 Å². The van der Waals surface area contributed by atoms with Gasteiger partial charge in [0.05, 0.1) is 18.4 Å². The summed E-state index contributed by atoms with van der Waals surface area (Å²) in [6.45, 7) is 0.701. The molecule has 0 spiro atoms. The van der Waals surface area contributed by atoms with Crippen LogP contribution in [0, 0.1) is 0 Å². The number of nitrogens with zero attached hydrogens (tertiary/aromatic N) is 4. The normalized spacial score (nSPS) is 10.3. The molecule has 0 aromatic carbocycles. The van der Waals surface area contributed by atoms with Crippen molar-refractivity contribution in [1.29, 1.82) is 0 Å². The molecule has 0 saturated carbocycles. The molecule has 17 heavy (non-hydrogen) atoms. The number of rotatable bonds is 4. The molecule has 1 N–H and O–H groups in total. The molecule has 90 valence electrons. The van der Waals surface area contributed by atoms with Crippen LogP contribution >= 0.6 is 0 Å². The van der Waals surface area contributed by atoms with E-state index in [1.165, 1.54) is 0 Å². The molecule has 0 atom stereocenters. The zero-order chi connectivity index (χ0) is 12.3. The fourth-order valence-corrected chi connectivity index (χ4v) is 1.50. The number of imidazole rings is 1.